The topological polar surface area (TPSA) is 103 Å². The lowest BCUT2D eigenvalue weighted by molar-refractivity contribution is 0.0933. The van der Waals surface area contributed by atoms with Crippen LogP contribution >= 0.6 is 0 Å². The first kappa shape index (κ1) is 22.2. The molecular weight excluding hydrogens is 422 g/mol. The molecule has 9 heteroatoms. The number of furan rings is 1. The largest absolute Gasteiger partial charge is 0.493 e. The molecule has 0 aliphatic rings. The van der Waals surface area contributed by atoms with Gasteiger partial charge in [0.1, 0.15) is 5.76 Å². The molecule has 33 heavy (non-hydrogen) atoms. The molecular formula is C24H27N5O4. The molecule has 1 aromatic carbocycles. The standard InChI is InChI=1S/C24H27N5O4/c1-13-9-20(31-5)21(32-6)11-16(13)10-17-7-8-19(33-17)24(30)27-26-18-12-25-23-22(14(18)2)15(3)28-29(23)4/h7-9,11-12,26H,10H2,1-6H3,(H,27,30). The van der Waals surface area contributed by atoms with Crippen LogP contribution < -0.4 is 20.3 Å². The summed E-state index contributed by atoms with van der Waals surface area (Å²) in [5, 5.41) is 5.37. The Balaban J connectivity index is 1.46. The highest BCUT2D eigenvalue weighted by Gasteiger charge is 2.16. The lowest BCUT2D eigenvalue weighted by Gasteiger charge is -2.12. The monoisotopic (exact) mass is 449 g/mol. The van der Waals surface area contributed by atoms with E-state index in [0.717, 1.165) is 33.4 Å². The van der Waals surface area contributed by atoms with Crippen molar-refractivity contribution in [3.8, 4) is 11.5 Å². The van der Waals surface area contributed by atoms with E-state index in [4.69, 9.17) is 13.9 Å². The lowest BCUT2D eigenvalue weighted by Crippen LogP contribution is -2.29. The van der Waals surface area contributed by atoms with Gasteiger partial charge in [-0.15, -0.1) is 0 Å². The highest BCUT2D eigenvalue weighted by molar-refractivity contribution is 5.93. The van der Waals surface area contributed by atoms with Crippen LogP contribution in [0.3, 0.4) is 0 Å². The second kappa shape index (κ2) is 8.85. The Morgan fingerprint density at radius 3 is 2.58 bits per heavy atom. The fourth-order valence-electron chi connectivity index (χ4n) is 3.90. The molecule has 9 nitrogen and oxygen atoms in total. The molecule has 0 fully saturated rings. The maximum Gasteiger partial charge on any atom is 0.305 e. The number of aryl methyl sites for hydroxylation is 4. The van der Waals surface area contributed by atoms with Gasteiger partial charge in [0.2, 0.25) is 0 Å². The summed E-state index contributed by atoms with van der Waals surface area (Å²) in [5.74, 6) is 1.82. The first-order valence-corrected chi connectivity index (χ1v) is 10.5. The summed E-state index contributed by atoms with van der Waals surface area (Å²) in [4.78, 5) is 17.1. The molecule has 2 N–H and O–H groups in total. The minimum Gasteiger partial charge on any atom is -0.493 e. The van der Waals surface area contributed by atoms with Crippen molar-refractivity contribution in [2.75, 3.05) is 19.6 Å². The van der Waals surface area contributed by atoms with Crippen LogP contribution in [0.2, 0.25) is 0 Å². The van der Waals surface area contributed by atoms with E-state index >= 15 is 0 Å². The minimum absolute atomic E-state index is 0.208. The fourth-order valence-corrected chi connectivity index (χ4v) is 3.90. The van der Waals surface area contributed by atoms with Crippen molar-refractivity contribution >= 4 is 22.6 Å². The number of hydrazine groups is 1. The summed E-state index contributed by atoms with van der Waals surface area (Å²) in [6, 6.07) is 7.29. The van der Waals surface area contributed by atoms with Gasteiger partial charge >= 0.3 is 5.91 Å². The minimum atomic E-state index is -0.382. The molecule has 0 atom stereocenters. The van der Waals surface area contributed by atoms with Gasteiger partial charge < -0.3 is 13.9 Å². The van der Waals surface area contributed by atoms with Crippen LogP contribution in [-0.2, 0) is 13.5 Å². The Morgan fingerprint density at radius 2 is 1.85 bits per heavy atom. The van der Waals surface area contributed by atoms with Crippen molar-refractivity contribution in [1.82, 2.24) is 20.2 Å². The quantitative estimate of drug-likeness (QED) is 0.413. The SMILES string of the molecule is COc1cc(C)c(Cc2ccc(C(=O)NNc3cnc4c(c(C)nn4C)c3C)o2)cc1OC. The van der Waals surface area contributed by atoms with Gasteiger partial charge in [0.05, 0.1) is 31.8 Å². The second-order valence-electron chi connectivity index (χ2n) is 7.86. The molecule has 3 aromatic heterocycles. The highest BCUT2D eigenvalue weighted by Crippen LogP contribution is 2.31. The van der Waals surface area contributed by atoms with Gasteiger partial charge in [0, 0.05) is 18.9 Å². The maximum atomic E-state index is 12.6. The van der Waals surface area contributed by atoms with E-state index in [1.165, 1.54) is 0 Å². The molecule has 0 saturated heterocycles. The number of carbonyl (C=O) groups excluding carboxylic acids is 1. The molecule has 172 valence electrons. The van der Waals surface area contributed by atoms with Crippen molar-refractivity contribution in [1.29, 1.82) is 0 Å². The fraction of sp³-hybridized carbons (Fsp3) is 0.292. The molecule has 0 radical (unpaired) electrons. The summed E-state index contributed by atoms with van der Waals surface area (Å²) in [6.07, 6.45) is 2.19. The number of carbonyl (C=O) groups is 1. The molecule has 0 unspecified atom stereocenters. The molecule has 0 spiro atoms. The zero-order valence-corrected chi connectivity index (χ0v) is 19.6. The Hall–Kier alpha value is -4.01. The van der Waals surface area contributed by atoms with Gasteiger partial charge in [-0.1, -0.05) is 0 Å². The van der Waals surface area contributed by atoms with Gasteiger partial charge in [-0.3, -0.25) is 20.3 Å². The third-order valence-corrected chi connectivity index (χ3v) is 5.69. The normalized spacial score (nSPS) is 11.0. The number of nitrogens with zero attached hydrogens (tertiary/aromatic N) is 3. The number of pyridine rings is 1. The first-order chi connectivity index (χ1) is 15.8. The van der Waals surface area contributed by atoms with E-state index < -0.39 is 0 Å². The Bertz CT molecular complexity index is 1340. The molecule has 0 bridgehead atoms. The van der Waals surface area contributed by atoms with Gasteiger partial charge in [0.25, 0.3) is 0 Å². The van der Waals surface area contributed by atoms with Crippen molar-refractivity contribution in [3.63, 3.8) is 0 Å². The molecule has 0 aliphatic carbocycles. The predicted molar refractivity (Wildman–Crippen MR) is 125 cm³/mol. The third-order valence-electron chi connectivity index (χ3n) is 5.69. The van der Waals surface area contributed by atoms with E-state index in [1.807, 2.05) is 40.0 Å². The number of aromatic nitrogens is 3. The predicted octanol–water partition coefficient (Wildman–Crippen LogP) is 3.85. The van der Waals surface area contributed by atoms with E-state index in [-0.39, 0.29) is 11.7 Å². The van der Waals surface area contributed by atoms with E-state index in [1.54, 1.807) is 37.2 Å². The summed E-state index contributed by atoms with van der Waals surface area (Å²) in [7, 11) is 5.06. The van der Waals surface area contributed by atoms with Crippen molar-refractivity contribution in [2.45, 2.75) is 27.2 Å². The molecule has 1 amide bonds. The Labute approximate surface area is 191 Å². The van der Waals surface area contributed by atoms with Crippen LogP contribution in [0.25, 0.3) is 11.0 Å². The number of anilines is 1. The van der Waals surface area contributed by atoms with Gasteiger partial charge in [0.15, 0.2) is 22.9 Å². The molecule has 4 rings (SSSR count). The van der Waals surface area contributed by atoms with Gasteiger partial charge in [-0.05, 0) is 61.7 Å². The average molecular weight is 450 g/mol. The molecule has 0 aliphatic heterocycles. The number of hydrogen-bond donors (Lipinski definition) is 2. The van der Waals surface area contributed by atoms with Gasteiger partial charge in [-0.25, -0.2) is 4.98 Å². The van der Waals surface area contributed by atoms with Crippen molar-refractivity contribution in [3.05, 3.63) is 64.4 Å². The Kier molecular flexibility index (Phi) is 5.95. The van der Waals surface area contributed by atoms with Crippen molar-refractivity contribution < 1.29 is 18.7 Å². The van der Waals surface area contributed by atoms with Crippen LogP contribution in [0.5, 0.6) is 11.5 Å². The molecule has 4 aromatic rings. The lowest BCUT2D eigenvalue weighted by atomic mass is 10.0. The number of ether oxygens (including phenoxy) is 2. The number of methoxy groups -OCH3 is 2. The number of hydrogen-bond acceptors (Lipinski definition) is 7. The van der Waals surface area contributed by atoms with Crippen LogP contribution in [-0.4, -0.2) is 34.9 Å². The van der Waals surface area contributed by atoms with Crippen LogP contribution in [0.1, 0.15) is 38.7 Å². The van der Waals surface area contributed by atoms with Crippen LogP contribution in [0.15, 0.2) is 34.9 Å². The van der Waals surface area contributed by atoms with Crippen LogP contribution in [0, 0.1) is 20.8 Å². The summed E-state index contributed by atoms with van der Waals surface area (Å²) in [6.45, 7) is 5.89. The molecule has 0 saturated carbocycles. The summed E-state index contributed by atoms with van der Waals surface area (Å²) in [5.41, 5.74) is 11.0. The first-order valence-electron chi connectivity index (χ1n) is 10.5. The number of rotatable bonds is 7. The Morgan fingerprint density at radius 1 is 1.12 bits per heavy atom. The average Bonchev–Trinajstić information content (AvgIpc) is 3.38. The maximum absolute atomic E-state index is 12.6. The van der Waals surface area contributed by atoms with Crippen molar-refractivity contribution in [2.24, 2.45) is 7.05 Å². The smallest absolute Gasteiger partial charge is 0.305 e. The molecule has 3 heterocycles. The third kappa shape index (κ3) is 4.21. The zero-order valence-electron chi connectivity index (χ0n) is 19.6. The summed E-state index contributed by atoms with van der Waals surface area (Å²) < 4.78 is 18.3. The van der Waals surface area contributed by atoms with E-state index in [0.29, 0.717) is 29.4 Å². The highest BCUT2D eigenvalue weighted by atomic mass is 16.5. The number of benzene rings is 1. The number of fused-ring (bicyclic) bond motifs is 1. The summed E-state index contributed by atoms with van der Waals surface area (Å²) >= 11 is 0. The van der Waals surface area contributed by atoms with E-state index in [2.05, 4.69) is 20.9 Å². The van der Waals surface area contributed by atoms with Crippen LogP contribution in [0.4, 0.5) is 5.69 Å². The number of amides is 1. The number of nitrogens with one attached hydrogen (secondary N) is 2. The zero-order chi connectivity index (χ0) is 23.7. The second-order valence-corrected chi connectivity index (χ2v) is 7.86. The van der Waals surface area contributed by atoms with Gasteiger partial charge in [-0.2, -0.15) is 5.10 Å². The van der Waals surface area contributed by atoms with E-state index in [9.17, 15) is 4.79 Å².